The highest BCUT2D eigenvalue weighted by molar-refractivity contribution is 6.03. The van der Waals surface area contributed by atoms with Gasteiger partial charge >= 0.3 is 0 Å². The number of carbonyl (C=O) groups excluding carboxylic acids is 1. The Hall–Kier alpha value is -3.28. The van der Waals surface area contributed by atoms with Crippen LogP contribution in [-0.2, 0) is 6.54 Å². The van der Waals surface area contributed by atoms with Gasteiger partial charge in [-0.15, -0.1) is 0 Å². The van der Waals surface area contributed by atoms with E-state index in [4.69, 9.17) is 0 Å². The van der Waals surface area contributed by atoms with Gasteiger partial charge < -0.3 is 10.6 Å². The second-order valence-corrected chi connectivity index (χ2v) is 5.31. The number of anilines is 2. The van der Waals surface area contributed by atoms with E-state index < -0.39 is 11.7 Å². The number of nitrogens with zero attached hydrogens (tertiary/aromatic N) is 1. The highest BCUT2D eigenvalue weighted by Gasteiger charge is 2.11. The van der Waals surface area contributed by atoms with Crippen molar-refractivity contribution in [1.29, 1.82) is 0 Å². The van der Waals surface area contributed by atoms with Gasteiger partial charge in [-0.1, -0.05) is 30.3 Å². The molecule has 0 saturated heterocycles. The average molecular weight is 339 g/mol. The molecule has 0 spiro atoms. The molecule has 0 unspecified atom stereocenters. The first kappa shape index (κ1) is 16.6. The Balaban J connectivity index is 1.70. The summed E-state index contributed by atoms with van der Waals surface area (Å²) in [5.74, 6) is -1.36. The predicted molar refractivity (Wildman–Crippen MR) is 92.3 cm³/mol. The van der Waals surface area contributed by atoms with Gasteiger partial charge in [0.05, 0.1) is 5.69 Å². The maximum absolute atomic E-state index is 13.6. The summed E-state index contributed by atoms with van der Waals surface area (Å²) >= 11 is 0. The summed E-state index contributed by atoms with van der Waals surface area (Å²) in [6.07, 6.45) is 1.46. The SMILES string of the molecule is O=C(Nc1ccccc1F)c1cc(NCc2ccccc2F)ccn1. The van der Waals surface area contributed by atoms with Crippen LogP contribution in [0, 0.1) is 11.6 Å². The van der Waals surface area contributed by atoms with Crippen molar-refractivity contribution >= 4 is 17.3 Å². The lowest BCUT2D eigenvalue weighted by Crippen LogP contribution is -2.15. The maximum Gasteiger partial charge on any atom is 0.274 e. The Kier molecular flexibility index (Phi) is 4.99. The minimum atomic E-state index is -0.528. The van der Waals surface area contributed by atoms with E-state index in [-0.39, 0.29) is 23.7 Å². The van der Waals surface area contributed by atoms with Gasteiger partial charge in [-0.3, -0.25) is 9.78 Å². The molecule has 3 rings (SSSR count). The third-order valence-electron chi connectivity index (χ3n) is 3.56. The van der Waals surface area contributed by atoms with E-state index in [1.54, 1.807) is 30.3 Å². The lowest BCUT2D eigenvalue weighted by Gasteiger charge is -2.09. The highest BCUT2D eigenvalue weighted by atomic mass is 19.1. The second kappa shape index (κ2) is 7.53. The molecule has 2 aromatic carbocycles. The van der Waals surface area contributed by atoms with Crippen LogP contribution in [0.3, 0.4) is 0 Å². The molecule has 0 bridgehead atoms. The van der Waals surface area contributed by atoms with Crippen molar-refractivity contribution in [3.8, 4) is 0 Å². The van der Waals surface area contributed by atoms with Crippen LogP contribution in [0.2, 0.25) is 0 Å². The molecule has 0 fully saturated rings. The summed E-state index contributed by atoms with van der Waals surface area (Å²) < 4.78 is 27.2. The number of benzene rings is 2. The van der Waals surface area contributed by atoms with Gasteiger partial charge in [0, 0.05) is 24.0 Å². The molecule has 3 aromatic rings. The molecule has 0 aliphatic rings. The molecule has 6 heteroatoms. The Morgan fingerprint density at radius 1 is 0.960 bits per heavy atom. The zero-order chi connectivity index (χ0) is 17.6. The fourth-order valence-electron chi connectivity index (χ4n) is 2.25. The van der Waals surface area contributed by atoms with Gasteiger partial charge in [0.25, 0.3) is 5.91 Å². The lowest BCUT2D eigenvalue weighted by molar-refractivity contribution is 0.102. The van der Waals surface area contributed by atoms with Gasteiger partial charge in [0.1, 0.15) is 17.3 Å². The molecule has 0 aliphatic carbocycles. The largest absolute Gasteiger partial charge is 0.381 e. The van der Waals surface area contributed by atoms with Crippen LogP contribution in [0.25, 0.3) is 0 Å². The molecule has 4 nitrogen and oxygen atoms in total. The fourth-order valence-corrected chi connectivity index (χ4v) is 2.25. The van der Waals surface area contributed by atoms with E-state index in [0.29, 0.717) is 11.3 Å². The van der Waals surface area contributed by atoms with Crippen LogP contribution < -0.4 is 10.6 Å². The number of rotatable bonds is 5. The minimum absolute atomic E-state index is 0.0824. The first-order chi connectivity index (χ1) is 12.1. The van der Waals surface area contributed by atoms with Crippen molar-refractivity contribution in [2.75, 3.05) is 10.6 Å². The smallest absolute Gasteiger partial charge is 0.274 e. The Morgan fingerprint density at radius 3 is 2.44 bits per heavy atom. The molecule has 2 N–H and O–H groups in total. The highest BCUT2D eigenvalue weighted by Crippen LogP contribution is 2.16. The van der Waals surface area contributed by atoms with E-state index in [2.05, 4.69) is 15.6 Å². The third-order valence-corrected chi connectivity index (χ3v) is 3.56. The lowest BCUT2D eigenvalue weighted by atomic mass is 10.2. The standard InChI is InChI=1S/C19H15F2N3O/c20-15-6-2-1-5-13(15)12-23-14-9-10-22-18(11-14)19(25)24-17-8-4-3-7-16(17)21/h1-11H,12H2,(H,22,23)(H,24,25). The van der Waals surface area contributed by atoms with Crippen molar-refractivity contribution in [3.63, 3.8) is 0 Å². The van der Waals surface area contributed by atoms with E-state index in [0.717, 1.165) is 0 Å². The van der Waals surface area contributed by atoms with Crippen molar-refractivity contribution in [2.45, 2.75) is 6.54 Å². The van der Waals surface area contributed by atoms with Crippen molar-refractivity contribution in [3.05, 3.63) is 89.8 Å². The van der Waals surface area contributed by atoms with E-state index in [1.165, 1.54) is 36.5 Å². The fraction of sp³-hybridized carbons (Fsp3) is 0.0526. The number of nitrogens with one attached hydrogen (secondary N) is 2. The van der Waals surface area contributed by atoms with Crippen LogP contribution >= 0.6 is 0 Å². The average Bonchev–Trinajstić information content (AvgIpc) is 2.63. The topological polar surface area (TPSA) is 54.0 Å². The van der Waals surface area contributed by atoms with E-state index in [1.807, 2.05) is 0 Å². The zero-order valence-corrected chi connectivity index (χ0v) is 13.2. The van der Waals surface area contributed by atoms with Crippen LogP contribution in [0.5, 0.6) is 0 Å². The van der Waals surface area contributed by atoms with E-state index in [9.17, 15) is 13.6 Å². The number of carbonyl (C=O) groups is 1. The molecule has 0 saturated carbocycles. The molecule has 1 heterocycles. The minimum Gasteiger partial charge on any atom is -0.381 e. The van der Waals surface area contributed by atoms with Gasteiger partial charge in [-0.2, -0.15) is 0 Å². The molecule has 1 amide bonds. The molecular weight excluding hydrogens is 324 g/mol. The summed E-state index contributed by atoms with van der Waals surface area (Å²) in [5.41, 5.74) is 1.33. The Morgan fingerprint density at radius 2 is 1.68 bits per heavy atom. The molecule has 126 valence electrons. The monoisotopic (exact) mass is 339 g/mol. The molecule has 1 aromatic heterocycles. The first-order valence-electron chi connectivity index (χ1n) is 7.63. The number of halogens is 2. The first-order valence-corrected chi connectivity index (χ1v) is 7.63. The number of hydrogen-bond donors (Lipinski definition) is 2. The zero-order valence-electron chi connectivity index (χ0n) is 13.2. The van der Waals surface area contributed by atoms with Gasteiger partial charge in [-0.25, -0.2) is 8.78 Å². The van der Waals surface area contributed by atoms with Crippen molar-refractivity contribution in [2.24, 2.45) is 0 Å². The quantitative estimate of drug-likeness (QED) is 0.732. The van der Waals surface area contributed by atoms with Gasteiger partial charge in [-0.05, 0) is 30.3 Å². The third kappa shape index (κ3) is 4.17. The summed E-state index contributed by atoms with van der Waals surface area (Å²) in [7, 11) is 0. The summed E-state index contributed by atoms with van der Waals surface area (Å²) in [6.45, 7) is 0.269. The van der Waals surface area contributed by atoms with E-state index >= 15 is 0 Å². The summed E-state index contributed by atoms with van der Waals surface area (Å²) in [5, 5.41) is 5.51. The van der Waals surface area contributed by atoms with Crippen LogP contribution in [0.1, 0.15) is 16.1 Å². The molecular formula is C19H15F2N3O. The number of aromatic nitrogens is 1. The van der Waals surface area contributed by atoms with Gasteiger partial charge in [0.15, 0.2) is 0 Å². The molecule has 25 heavy (non-hydrogen) atoms. The number of amides is 1. The van der Waals surface area contributed by atoms with Crippen LogP contribution in [-0.4, -0.2) is 10.9 Å². The number of hydrogen-bond acceptors (Lipinski definition) is 3. The van der Waals surface area contributed by atoms with Gasteiger partial charge in [0.2, 0.25) is 0 Å². The Bertz CT molecular complexity index is 899. The van der Waals surface area contributed by atoms with Crippen molar-refractivity contribution in [1.82, 2.24) is 4.98 Å². The van der Waals surface area contributed by atoms with Crippen LogP contribution in [0.4, 0.5) is 20.2 Å². The molecule has 0 radical (unpaired) electrons. The molecule has 0 atom stereocenters. The molecule has 0 aliphatic heterocycles. The normalized spacial score (nSPS) is 10.3. The van der Waals surface area contributed by atoms with Crippen LogP contribution in [0.15, 0.2) is 66.9 Å². The summed E-state index contributed by atoms with van der Waals surface area (Å²) in [6, 6.07) is 15.5. The summed E-state index contributed by atoms with van der Waals surface area (Å²) in [4.78, 5) is 16.2. The Labute approximate surface area is 143 Å². The second-order valence-electron chi connectivity index (χ2n) is 5.31. The maximum atomic E-state index is 13.6. The van der Waals surface area contributed by atoms with Crippen molar-refractivity contribution < 1.29 is 13.6 Å². The number of para-hydroxylation sites is 1. The number of pyridine rings is 1. The predicted octanol–water partition coefficient (Wildman–Crippen LogP) is 4.22.